The van der Waals surface area contributed by atoms with Crippen LogP contribution in [0.3, 0.4) is 0 Å². The number of nitrogens with one attached hydrogen (secondary N) is 1. The van der Waals surface area contributed by atoms with Crippen LogP contribution >= 0.6 is 0 Å². The second-order valence-corrected chi connectivity index (χ2v) is 9.39. The molecular formula is C17H19AsN6. The van der Waals surface area contributed by atoms with Crippen LogP contribution in [-0.4, -0.2) is 35.3 Å². The molecule has 0 spiro atoms. The average Bonchev–Trinajstić information content (AvgIpc) is 3.26. The summed E-state index contributed by atoms with van der Waals surface area (Å²) in [5.74, 6) is 1.57. The van der Waals surface area contributed by atoms with E-state index in [4.69, 9.17) is 5.73 Å². The van der Waals surface area contributed by atoms with Crippen LogP contribution < -0.4 is 15.5 Å². The van der Waals surface area contributed by atoms with Crippen molar-refractivity contribution in [2.45, 2.75) is 24.5 Å². The zero-order valence-corrected chi connectivity index (χ0v) is 15.5. The van der Waals surface area contributed by atoms with Gasteiger partial charge < -0.3 is 0 Å². The maximum atomic E-state index is 5.89. The molecule has 2 aromatic heterocycles. The first-order valence-corrected chi connectivity index (χ1v) is 10.2. The van der Waals surface area contributed by atoms with Gasteiger partial charge in [0, 0.05) is 0 Å². The van der Waals surface area contributed by atoms with Gasteiger partial charge in [-0.2, -0.15) is 0 Å². The van der Waals surface area contributed by atoms with Gasteiger partial charge >= 0.3 is 147 Å². The van der Waals surface area contributed by atoms with E-state index in [2.05, 4.69) is 26.3 Å². The van der Waals surface area contributed by atoms with Gasteiger partial charge in [-0.05, 0) is 0 Å². The Labute approximate surface area is 147 Å². The fraction of sp³-hybridized carbons (Fsp3) is 0.235. The number of hydrogen-bond donors (Lipinski definition) is 2. The van der Waals surface area contributed by atoms with Crippen LogP contribution in [0.1, 0.15) is 18.4 Å². The Kier molecular flexibility index (Phi) is 3.98. The molecule has 1 saturated carbocycles. The van der Waals surface area contributed by atoms with Gasteiger partial charge in [-0.1, -0.05) is 0 Å². The van der Waals surface area contributed by atoms with Crippen LogP contribution in [0.15, 0.2) is 43.0 Å². The van der Waals surface area contributed by atoms with Crippen LogP contribution in [0, 0.1) is 6.92 Å². The third kappa shape index (κ3) is 3.29. The SMILES string of the molecule is Cc1ccc(N)cc1Nc1nccn1-c1cc([AsH]C2CC2)ncn1. The predicted molar refractivity (Wildman–Crippen MR) is 97.8 cm³/mol. The number of nitrogens with two attached hydrogens (primary N) is 1. The van der Waals surface area contributed by atoms with Gasteiger partial charge in [-0.15, -0.1) is 0 Å². The number of anilines is 3. The molecule has 3 aromatic rings. The number of imidazole rings is 1. The fourth-order valence-corrected chi connectivity index (χ4v) is 5.03. The maximum absolute atomic E-state index is 5.89. The predicted octanol–water partition coefficient (Wildman–Crippen LogP) is 1.94. The molecule has 1 aliphatic rings. The molecule has 1 aromatic carbocycles. The van der Waals surface area contributed by atoms with E-state index in [0.29, 0.717) is 0 Å². The molecule has 3 N–H and O–H groups in total. The van der Waals surface area contributed by atoms with E-state index in [1.54, 1.807) is 12.5 Å². The Morgan fingerprint density at radius 3 is 2.92 bits per heavy atom. The van der Waals surface area contributed by atoms with Crippen molar-refractivity contribution in [3.63, 3.8) is 0 Å². The molecule has 1 fully saturated rings. The minimum atomic E-state index is -0.147. The van der Waals surface area contributed by atoms with E-state index in [1.807, 2.05) is 35.9 Å². The molecule has 122 valence electrons. The molecular weight excluding hydrogens is 363 g/mol. The number of aryl methyl sites for hydroxylation is 1. The first kappa shape index (κ1) is 15.2. The first-order valence-electron chi connectivity index (χ1n) is 7.94. The number of aromatic nitrogens is 4. The molecule has 1 unspecified atom stereocenters. The van der Waals surface area contributed by atoms with E-state index in [1.165, 1.54) is 17.3 Å². The van der Waals surface area contributed by atoms with Crippen LogP contribution in [0.2, 0.25) is 4.71 Å². The molecule has 0 bridgehead atoms. The van der Waals surface area contributed by atoms with Gasteiger partial charge in [0.05, 0.1) is 0 Å². The van der Waals surface area contributed by atoms with Gasteiger partial charge in [-0.25, -0.2) is 0 Å². The Morgan fingerprint density at radius 1 is 1.21 bits per heavy atom. The number of nitrogens with zero attached hydrogens (tertiary/aromatic N) is 4. The molecule has 0 amide bonds. The minimum absolute atomic E-state index is 0.147. The zero-order valence-electron chi connectivity index (χ0n) is 13.4. The summed E-state index contributed by atoms with van der Waals surface area (Å²) in [5, 5.41) is 3.35. The molecule has 4 rings (SSSR count). The van der Waals surface area contributed by atoms with Crippen LogP contribution in [0.4, 0.5) is 17.3 Å². The summed E-state index contributed by atoms with van der Waals surface area (Å²) in [6.45, 7) is 2.04. The van der Waals surface area contributed by atoms with Crippen molar-refractivity contribution in [3.8, 4) is 5.82 Å². The van der Waals surface area contributed by atoms with E-state index in [0.717, 1.165) is 33.4 Å². The van der Waals surface area contributed by atoms with Gasteiger partial charge in [0.25, 0.3) is 0 Å². The second kappa shape index (κ2) is 6.28. The normalized spacial score (nSPS) is 14.4. The molecule has 2 heterocycles. The standard InChI is InChI=1S/C17H19AsN6/c1-11-2-5-13(19)8-14(11)23-17-20-6-7-24(17)16-9-15(21-10-22-16)18-12-3-4-12/h2,5-10,12,18H,3-4,19H2,1H3,(H,20,23). The van der Waals surface area contributed by atoms with Gasteiger partial charge in [0.1, 0.15) is 0 Å². The third-order valence-electron chi connectivity index (χ3n) is 3.98. The van der Waals surface area contributed by atoms with E-state index >= 15 is 0 Å². The van der Waals surface area contributed by atoms with E-state index < -0.39 is 0 Å². The molecule has 7 heteroatoms. The molecule has 1 atom stereocenters. The topological polar surface area (TPSA) is 81.6 Å². The Hall–Kier alpha value is -2.33. The fourth-order valence-electron chi connectivity index (χ4n) is 2.47. The van der Waals surface area contributed by atoms with E-state index in [-0.39, 0.29) is 15.8 Å². The molecule has 24 heavy (non-hydrogen) atoms. The average molecular weight is 382 g/mol. The van der Waals surface area contributed by atoms with Crippen molar-refractivity contribution >= 4 is 37.6 Å². The monoisotopic (exact) mass is 382 g/mol. The van der Waals surface area contributed by atoms with E-state index in [9.17, 15) is 0 Å². The Bertz CT molecular complexity index is 871. The number of nitrogen functional groups attached to an aromatic ring is 1. The molecule has 0 radical (unpaired) electrons. The zero-order chi connectivity index (χ0) is 16.5. The summed E-state index contributed by atoms with van der Waals surface area (Å²) >= 11 is -0.147. The van der Waals surface area contributed by atoms with Crippen molar-refractivity contribution in [3.05, 3.63) is 48.5 Å². The number of hydrogen-bond acceptors (Lipinski definition) is 5. The van der Waals surface area contributed by atoms with Gasteiger partial charge in [0.15, 0.2) is 0 Å². The van der Waals surface area contributed by atoms with Crippen molar-refractivity contribution in [2.75, 3.05) is 11.1 Å². The third-order valence-corrected chi connectivity index (χ3v) is 7.24. The summed E-state index contributed by atoms with van der Waals surface area (Å²) < 4.78 is 4.08. The number of benzene rings is 1. The first-order chi connectivity index (χ1) is 11.7. The summed E-state index contributed by atoms with van der Waals surface area (Å²) in [6.07, 6.45) is 8.07. The van der Waals surface area contributed by atoms with Gasteiger partial charge in [0.2, 0.25) is 0 Å². The quantitative estimate of drug-likeness (QED) is 0.521. The molecule has 0 aliphatic heterocycles. The van der Waals surface area contributed by atoms with Crippen molar-refractivity contribution in [1.29, 1.82) is 0 Å². The van der Waals surface area contributed by atoms with Gasteiger partial charge in [-0.3, -0.25) is 0 Å². The van der Waals surface area contributed by atoms with Crippen LogP contribution in [0.5, 0.6) is 0 Å². The molecule has 1 aliphatic carbocycles. The van der Waals surface area contributed by atoms with Crippen LogP contribution in [-0.2, 0) is 0 Å². The number of rotatable bonds is 5. The molecule has 0 saturated heterocycles. The summed E-state index contributed by atoms with van der Waals surface area (Å²) in [5.41, 5.74) is 8.68. The summed E-state index contributed by atoms with van der Waals surface area (Å²) in [7, 11) is 0. The van der Waals surface area contributed by atoms with Crippen molar-refractivity contribution < 1.29 is 0 Å². The summed E-state index contributed by atoms with van der Waals surface area (Å²) in [4.78, 5) is 13.3. The second-order valence-electron chi connectivity index (χ2n) is 6.00. The van der Waals surface area contributed by atoms with Crippen molar-refractivity contribution in [2.24, 2.45) is 0 Å². The molecule has 6 nitrogen and oxygen atoms in total. The Balaban J connectivity index is 1.63. The Morgan fingerprint density at radius 2 is 2.08 bits per heavy atom. The van der Waals surface area contributed by atoms with Crippen molar-refractivity contribution in [1.82, 2.24) is 19.5 Å². The summed E-state index contributed by atoms with van der Waals surface area (Å²) in [6, 6.07) is 7.90. The van der Waals surface area contributed by atoms with Crippen LogP contribution in [0.25, 0.3) is 5.82 Å².